The molecule has 1 atom stereocenters. The van der Waals surface area contributed by atoms with Crippen molar-refractivity contribution < 1.29 is 17.6 Å². The first kappa shape index (κ1) is 25.2. The minimum Gasteiger partial charge on any atom is -0.353 e. The molecule has 0 aliphatic carbocycles. The summed E-state index contributed by atoms with van der Waals surface area (Å²) in [6.07, 6.45) is 1.15. The third-order valence-electron chi connectivity index (χ3n) is 7.02. The van der Waals surface area contributed by atoms with E-state index < -0.39 is 11.7 Å². The average Bonchev–Trinajstić information content (AvgIpc) is 2.93. The van der Waals surface area contributed by atoms with Gasteiger partial charge in [0.05, 0.1) is 5.56 Å². The lowest BCUT2D eigenvalue weighted by molar-refractivity contribution is -0.137. The Labute approximate surface area is 213 Å². The number of hydrogen-bond donors (Lipinski definition) is 0. The van der Waals surface area contributed by atoms with Gasteiger partial charge in [-0.25, -0.2) is 9.37 Å². The zero-order valence-corrected chi connectivity index (χ0v) is 20.6. The summed E-state index contributed by atoms with van der Waals surface area (Å²) in [6, 6.07) is 8.72. The van der Waals surface area contributed by atoms with Crippen LogP contribution in [0, 0.1) is 5.82 Å². The van der Waals surface area contributed by atoms with Crippen molar-refractivity contribution in [3.8, 4) is 11.4 Å². The van der Waals surface area contributed by atoms with E-state index in [-0.39, 0.29) is 11.6 Å². The van der Waals surface area contributed by atoms with Gasteiger partial charge >= 0.3 is 6.18 Å². The molecule has 0 spiro atoms. The van der Waals surface area contributed by atoms with Gasteiger partial charge in [0.2, 0.25) is 11.9 Å². The third-order valence-corrected chi connectivity index (χ3v) is 7.02. The quantitative estimate of drug-likeness (QED) is 0.434. The molecular formula is C26H29F4N7. The monoisotopic (exact) mass is 515 g/mol. The van der Waals surface area contributed by atoms with Crippen LogP contribution in [0.2, 0.25) is 0 Å². The van der Waals surface area contributed by atoms with Gasteiger partial charge in [-0.05, 0) is 62.1 Å². The van der Waals surface area contributed by atoms with Gasteiger partial charge in [0.1, 0.15) is 11.6 Å². The van der Waals surface area contributed by atoms with Crippen molar-refractivity contribution in [3.63, 3.8) is 0 Å². The number of pyridine rings is 1. The fourth-order valence-corrected chi connectivity index (χ4v) is 5.03. The maximum Gasteiger partial charge on any atom is 0.419 e. The van der Waals surface area contributed by atoms with Crippen molar-refractivity contribution in [1.29, 1.82) is 0 Å². The van der Waals surface area contributed by atoms with Gasteiger partial charge in [-0.15, -0.1) is 0 Å². The molecule has 7 nitrogen and oxygen atoms in total. The molecule has 0 bridgehead atoms. The molecule has 37 heavy (non-hydrogen) atoms. The smallest absolute Gasteiger partial charge is 0.353 e. The van der Waals surface area contributed by atoms with Gasteiger partial charge in [-0.1, -0.05) is 6.92 Å². The number of rotatable bonds is 5. The predicted molar refractivity (Wildman–Crippen MR) is 134 cm³/mol. The van der Waals surface area contributed by atoms with Crippen LogP contribution in [-0.4, -0.2) is 58.7 Å². The fourth-order valence-electron chi connectivity index (χ4n) is 5.03. The van der Waals surface area contributed by atoms with Crippen LogP contribution < -0.4 is 14.7 Å². The minimum absolute atomic E-state index is 0.0582. The highest BCUT2D eigenvalue weighted by Gasteiger charge is 2.36. The summed E-state index contributed by atoms with van der Waals surface area (Å²) in [4.78, 5) is 24.2. The Hall–Kier alpha value is -3.50. The predicted octanol–water partition coefficient (Wildman–Crippen LogP) is 5.19. The van der Waals surface area contributed by atoms with Crippen LogP contribution >= 0.6 is 0 Å². The highest BCUT2D eigenvalue weighted by molar-refractivity contribution is 5.59. The summed E-state index contributed by atoms with van der Waals surface area (Å²) in [5.41, 5.74) is -0.0569. The minimum atomic E-state index is -4.47. The lowest BCUT2D eigenvalue weighted by Crippen LogP contribution is -2.48. The summed E-state index contributed by atoms with van der Waals surface area (Å²) in [5, 5.41) is 0. The zero-order chi connectivity index (χ0) is 26.0. The Morgan fingerprint density at radius 3 is 2.27 bits per heavy atom. The van der Waals surface area contributed by atoms with E-state index in [0.29, 0.717) is 55.5 Å². The SMILES string of the molecule is CCC1CCCCN1c1nc(-c2ccc(F)cc2)nc(N2CCN(c3ncccc3C(F)(F)F)CC2)n1. The molecule has 2 fully saturated rings. The summed E-state index contributed by atoms with van der Waals surface area (Å²) in [6.45, 7) is 4.54. The molecule has 196 valence electrons. The van der Waals surface area contributed by atoms with Crippen LogP contribution in [0.15, 0.2) is 42.6 Å². The van der Waals surface area contributed by atoms with Gasteiger partial charge in [0, 0.05) is 50.5 Å². The van der Waals surface area contributed by atoms with E-state index in [2.05, 4.69) is 16.8 Å². The molecule has 0 amide bonds. The lowest BCUT2D eigenvalue weighted by Gasteiger charge is -2.38. The topological polar surface area (TPSA) is 61.3 Å². The molecule has 0 radical (unpaired) electrons. The van der Waals surface area contributed by atoms with Crippen molar-refractivity contribution >= 4 is 17.7 Å². The molecule has 4 heterocycles. The molecule has 1 unspecified atom stereocenters. The van der Waals surface area contributed by atoms with Crippen LogP contribution in [0.25, 0.3) is 11.4 Å². The maximum atomic E-state index is 13.6. The van der Waals surface area contributed by atoms with Crippen LogP contribution in [0.1, 0.15) is 38.2 Å². The maximum absolute atomic E-state index is 13.6. The molecule has 11 heteroatoms. The van der Waals surface area contributed by atoms with Gasteiger partial charge in [-0.2, -0.15) is 28.1 Å². The Morgan fingerprint density at radius 2 is 1.57 bits per heavy atom. The Bertz CT molecular complexity index is 1210. The number of nitrogens with zero attached hydrogens (tertiary/aromatic N) is 7. The van der Waals surface area contributed by atoms with E-state index in [4.69, 9.17) is 15.0 Å². The van der Waals surface area contributed by atoms with Gasteiger partial charge in [0.25, 0.3) is 0 Å². The molecule has 3 aromatic rings. The number of piperazine rings is 1. The van der Waals surface area contributed by atoms with E-state index >= 15 is 0 Å². The molecule has 0 N–H and O–H groups in total. The Kier molecular flexibility index (Phi) is 7.12. The van der Waals surface area contributed by atoms with Gasteiger partial charge in [0.15, 0.2) is 5.82 Å². The zero-order valence-electron chi connectivity index (χ0n) is 20.6. The molecule has 0 saturated carbocycles. The fraction of sp³-hybridized carbons (Fsp3) is 0.462. The van der Waals surface area contributed by atoms with Crippen molar-refractivity contribution in [3.05, 3.63) is 54.0 Å². The second-order valence-corrected chi connectivity index (χ2v) is 9.36. The summed E-state index contributed by atoms with van der Waals surface area (Å²) < 4.78 is 54.1. The van der Waals surface area contributed by atoms with Crippen molar-refractivity contribution in [2.75, 3.05) is 47.4 Å². The van der Waals surface area contributed by atoms with Crippen LogP contribution in [-0.2, 0) is 6.18 Å². The Morgan fingerprint density at radius 1 is 0.865 bits per heavy atom. The molecule has 5 rings (SSSR count). The largest absolute Gasteiger partial charge is 0.419 e. The first-order valence-electron chi connectivity index (χ1n) is 12.6. The van der Waals surface area contributed by atoms with Gasteiger partial charge in [-0.3, -0.25) is 0 Å². The second-order valence-electron chi connectivity index (χ2n) is 9.36. The summed E-state index contributed by atoms with van der Waals surface area (Å²) in [5.74, 6) is 1.11. The van der Waals surface area contributed by atoms with Crippen molar-refractivity contribution in [1.82, 2.24) is 19.9 Å². The molecule has 2 aliphatic heterocycles. The van der Waals surface area contributed by atoms with E-state index in [1.165, 1.54) is 24.4 Å². The number of alkyl halides is 3. The van der Waals surface area contributed by atoms with Crippen LogP contribution in [0.5, 0.6) is 0 Å². The van der Waals surface area contributed by atoms with Crippen LogP contribution in [0.4, 0.5) is 35.3 Å². The number of aromatic nitrogens is 4. The number of benzene rings is 1. The Balaban J connectivity index is 1.44. The molecule has 1 aromatic carbocycles. The van der Waals surface area contributed by atoms with Crippen molar-refractivity contribution in [2.24, 2.45) is 0 Å². The van der Waals surface area contributed by atoms with Gasteiger partial charge < -0.3 is 14.7 Å². The third kappa shape index (κ3) is 5.45. The van der Waals surface area contributed by atoms with E-state index in [1.54, 1.807) is 17.0 Å². The van der Waals surface area contributed by atoms with E-state index in [0.717, 1.165) is 38.3 Å². The van der Waals surface area contributed by atoms with E-state index in [9.17, 15) is 17.6 Å². The molecule has 2 aromatic heterocycles. The molecule has 2 saturated heterocycles. The van der Waals surface area contributed by atoms with E-state index in [1.807, 2.05) is 4.90 Å². The first-order valence-corrected chi connectivity index (χ1v) is 12.6. The first-order chi connectivity index (χ1) is 17.8. The average molecular weight is 516 g/mol. The number of halogens is 4. The summed E-state index contributed by atoms with van der Waals surface area (Å²) in [7, 11) is 0. The standard InChI is InChI=1S/C26H29F4N7/c1-2-20-6-3-4-13-37(20)25-33-22(18-8-10-19(27)11-9-18)32-24(34-25)36-16-14-35(15-17-36)23-21(26(28,29)30)7-5-12-31-23/h5,7-12,20H,2-4,6,13-17H2,1H3. The lowest BCUT2D eigenvalue weighted by atomic mass is 10.0. The number of anilines is 3. The molecular weight excluding hydrogens is 486 g/mol. The van der Waals surface area contributed by atoms with Crippen LogP contribution in [0.3, 0.4) is 0 Å². The highest BCUT2D eigenvalue weighted by Crippen LogP contribution is 2.36. The normalized spacial score (nSPS) is 18.8. The summed E-state index contributed by atoms with van der Waals surface area (Å²) >= 11 is 0. The van der Waals surface area contributed by atoms with Crippen molar-refractivity contribution in [2.45, 2.75) is 44.8 Å². The second kappa shape index (κ2) is 10.5. The highest BCUT2D eigenvalue weighted by atomic mass is 19.4. The number of hydrogen-bond acceptors (Lipinski definition) is 7. The number of piperidine rings is 1. The molecule has 2 aliphatic rings.